The first-order valence-corrected chi connectivity index (χ1v) is 23.4. The molecule has 16 heteroatoms. The van der Waals surface area contributed by atoms with Gasteiger partial charge in [0.25, 0.3) is 0 Å². The Morgan fingerprint density at radius 2 is 1.58 bits per heavy atom. The fourth-order valence-electron chi connectivity index (χ4n) is 6.89. The van der Waals surface area contributed by atoms with Gasteiger partial charge in [0.05, 0.1) is 12.1 Å². The van der Waals surface area contributed by atoms with Crippen LogP contribution in [0.4, 0.5) is 4.79 Å². The van der Waals surface area contributed by atoms with Crippen LogP contribution in [0, 0.1) is 5.92 Å². The summed E-state index contributed by atoms with van der Waals surface area (Å²) in [6.45, 7) is 5.92. The molecule has 6 atom stereocenters. The lowest BCUT2D eigenvalue weighted by atomic mass is 10.0. The third-order valence-corrected chi connectivity index (χ3v) is 15.0. The second-order valence-corrected chi connectivity index (χ2v) is 19.0. The highest BCUT2D eigenvalue weighted by molar-refractivity contribution is 8.00. The highest BCUT2D eigenvalue weighted by Crippen LogP contribution is 2.53. The standard InChI is InChI=1S/C37H52N5O7PS3/c1-6-32(50(47,48-24-13-17-26(51-4)18-14-24)49-25-15-19-27(52-5)20-16-25)40-35(44)29-10-9-21-42(29)36(45)33(23(2)3)39-31(43)12-8-7-11-30-34-28(22-53-30)38-37(46)41-34/h13-20,23,28-30,32-34H,6-12,21-22H2,1-5H3,(H,39,43)(H,40,44)(H2,38,41,46). The van der Waals surface area contributed by atoms with Crippen LogP contribution in [0.15, 0.2) is 58.3 Å². The number of amides is 5. The number of nitrogens with zero attached hydrogens (tertiary/aromatic N) is 1. The molecule has 0 aliphatic carbocycles. The fraction of sp³-hybridized carbons (Fsp3) is 0.568. The summed E-state index contributed by atoms with van der Waals surface area (Å²) in [7, 11) is -4.07. The Hall–Kier alpha value is -3.00. The summed E-state index contributed by atoms with van der Waals surface area (Å²) in [6, 6.07) is 12.9. The predicted octanol–water partition coefficient (Wildman–Crippen LogP) is 6.49. The van der Waals surface area contributed by atoms with Crippen molar-refractivity contribution < 1.29 is 32.8 Å². The Labute approximate surface area is 325 Å². The fourth-order valence-corrected chi connectivity index (χ4v) is 11.1. The van der Waals surface area contributed by atoms with E-state index in [9.17, 15) is 23.7 Å². The van der Waals surface area contributed by atoms with Crippen LogP contribution in [0.2, 0.25) is 0 Å². The Balaban J connectivity index is 1.21. The molecule has 3 fully saturated rings. The lowest BCUT2D eigenvalue weighted by Crippen LogP contribution is -2.56. The van der Waals surface area contributed by atoms with Gasteiger partial charge in [0.2, 0.25) is 17.7 Å². The van der Waals surface area contributed by atoms with Crippen molar-refractivity contribution in [2.24, 2.45) is 5.92 Å². The maximum atomic E-state index is 14.7. The lowest BCUT2D eigenvalue weighted by Gasteiger charge is -2.32. The second kappa shape index (κ2) is 19.0. The maximum absolute atomic E-state index is 14.7. The summed E-state index contributed by atoms with van der Waals surface area (Å²) in [5, 5.41) is 12.2. The monoisotopic (exact) mass is 805 g/mol. The molecule has 0 bridgehead atoms. The minimum Gasteiger partial charge on any atom is -0.415 e. The van der Waals surface area contributed by atoms with E-state index >= 15 is 0 Å². The first kappa shape index (κ1) is 41.2. The zero-order valence-corrected chi connectivity index (χ0v) is 34.3. The van der Waals surface area contributed by atoms with Gasteiger partial charge in [-0.15, -0.1) is 23.5 Å². The quantitative estimate of drug-likeness (QED) is 0.0569. The zero-order chi connectivity index (χ0) is 38.1. The summed E-state index contributed by atoms with van der Waals surface area (Å²) in [6.07, 6.45) is 7.90. The SMILES string of the molecule is CCC(NC(=O)C1CCCN1C(=O)C(NC(=O)CCCCC1SCC2NC(=O)NC21)C(C)C)P(=O)(Oc1ccc(SC)cc1)Oc1ccc(SC)cc1. The van der Waals surface area contributed by atoms with Crippen molar-refractivity contribution in [2.45, 2.75) is 111 Å². The first-order chi connectivity index (χ1) is 25.4. The molecular formula is C37H52N5O7PS3. The number of unbranched alkanes of at least 4 members (excludes halogenated alkanes) is 1. The smallest absolute Gasteiger partial charge is 0.415 e. The minimum atomic E-state index is -4.07. The number of rotatable bonds is 18. The van der Waals surface area contributed by atoms with Crippen LogP contribution in [-0.2, 0) is 18.9 Å². The van der Waals surface area contributed by atoms with E-state index in [-0.39, 0.29) is 48.7 Å². The number of likely N-dealkylation sites (tertiary alicyclic amines) is 1. The van der Waals surface area contributed by atoms with Gasteiger partial charge in [0, 0.05) is 33.8 Å². The molecule has 12 nitrogen and oxygen atoms in total. The molecule has 5 rings (SSSR count). The van der Waals surface area contributed by atoms with E-state index in [1.807, 2.05) is 62.4 Å². The molecule has 0 aromatic heterocycles. The van der Waals surface area contributed by atoms with Gasteiger partial charge in [0.1, 0.15) is 23.6 Å². The van der Waals surface area contributed by atoms with Crippen molar-refractivity contribution in [2.75, 3.05) is 24.8 Å². The van der Waals surface area contributed by atoms with Crippen molar-refractivity contribution in [3.8, 4) is 11.5 Å². The molecule has 0 saturated carbocycles. The topological polar surface area (TPSA) is 155 Å². The van der Waals surface area contributed by atoms with Gasteiger partial charge >= 0.3 is 13.6 Å². The number of urea groups is 1. The second-order valence-electron chi connectivity index (χ2n) is 13.9. The van der Waals surface area contributed by atoms with Gasteiger partial charge in [-0.05, 0) is 99.1 Å². The number of nitrogens with one attached hydrogen (secondary N) is 4. The average Bonchev–Trinajstić information content (AvgIpc) is 3.88. The van der Waals surface area contributed by atoms with Crippen LogP contribution in [0.5, 0.6) is 11.5 Å². The molecular weight excluding hydrogens is 754 g/mol. The van der Waals surface area contributed by atoms with Crippen LogP contribution in [0.25, 0.3) is 0 Å². The number of hydrogen-bond donors (Lipinski definition) is 4. The molecule has 4 N–H and O–H groups in total. The minimum absolute atomic E-state index is 0.110. The number of benzene rings is 2. The molecule has 6 unspecified atom stereocenters. The molecule has 2 aromatic rings. The maximum Gasteiger partial charge on any atom is 0.452 e. The van der Waals surface area contributed by atoms with Gasteiger partial charge in [-0.25, -0.2) is 9.36 Å². The molecule has 5 amide bonds. The highest BCUT2D eigenvalue weighted by atomic mass is 32.2. The summed E-state index contributed by atoms with van der Waals surface area (Å²) in [5.41, 5.74) is 0. The molecule has 0 radical (unpaired) electrons. The van der Waals surface area contributed by atoms with E-state index in [2.05, 4.69) is 21.3 Å². The number of fused-ring (bicyclic) bond motifs is 1. The van der Waals surface area contributed by atoms with Crippen LogP contribution in [0.3, 0.4) is 0 Å². The van der Waals surface area contributed by atoms with Crippen LogP contribution >= 0.6 is 42.9 Å². The van der Waals surface area contributed by atoms with Gasteiger partial charge in [-0.1, -0.05) is 27.2 Å². The summed E-state index contributed by atoms with van der Waals surface area (Å²) < 4.78 is 26.9. The molecule has 53 heavy (non-hydrogen) atoms. The average molecular weight is 806 g/mol. The van der Waals surface area contributed by atoms with Gasteiger partial charge in [-0.2, -0.15) is 11.8 Å². The Bertz CT molecular complexity index is 1580. The molecule has 3 saturated heterocycles. The third-order valence-electron chi connectivity index (χ3n) is 9.83. The van der Waals surface area contributed by atoms with Gasteiger partial charge < -0.3 is 35.2 Å². The molecule has 3 aliphatic heterocycles. The zero-order valence-electron chi connectivity index (χ0n) is 31.0. The largest absolute Gasteiger partial charge is 0.452 e. The Morgan fingerprint density at radius 1 is 0.962 bits per heavy atom. The normalized spacial score (nSPS) is 22.1. The van der Waals surface area contributed by atoms with E-state index in [0.29, 0.717) is 42.6 Å². The third kappa shape index (κ3) is 10.6. The van der Waals surface area contributed by atoms with E-state index < -0.39 is 31.4 Å². The number of thioether (sulfide) groups is 3. The summed E-state index contributed by atoms with van der Waals surface area (Å²) >= 11 is 4.99. The number of carbonyl (C=O) groups is 4. The van der Waals surface area contributed by atoms with Crippen molar-refractivity contribution in [3.63, 3.8) is 0 Å². The van der Waals surface area contributed by atoms with Crippen LogP contribution in [-0.4, -0.2) is 88.7 Å². The van der Waals surface area contributed by atoms with E-state index in [4.69, 9.17) is 9.05 Å². The van der Waals surface area contributed by atoms with Crippen LogP contribution in [0.1, 0.15) is 65.7 Å². The summed E-state index contributed by atoms with van der Waals surface area (Å²) in [5.74, 6) is -0.596. The lowest BCUT2D eigenvalue weighted by molar-refractivity contribution is -0.142. The predicted molar refractivity (Wildman–Crippen MR) is 213 cm³/mol. The number of hydrogen-bond acceptors (Lipinski definition) is 10. The van der Waals surface area contributed by atoms with E-state index in [0.717, 1.165) is 28.4 Å². The highest BCUT2D eigenvalue weighted by Gasteiger charge is 2.45. The van der Waals surface area contributed by atoms with Crippen LogP contribution < -0.4 is 30.3 Å². The van der Waals surface area contributed by atoms with E-state index in [1.165, 1.54) is 0 Å². The number of carbonyl (C=O) groups excluding carboxylic acids is 4. The van der Waals surface area contributed by atoms with Gasteiger partial charge in [0.15, 0.2) is 5.78 Å². The van der Waals surface area contributed by atoms with Crippen molar-refractivity contribution in [1.82, 2.24) is 26.2 Å². The molecule has 290 valence electrons. The molecule has 2 aromatic carbocycles. The molecule has 3 heterocycles. The van der Waals surface area contributed by atoms with Crippen molar-refractivity contribution in [1.29, 1.82) is 0 Å². The van der Waals surface area contributed by atoms with Crippen molar-refractivity contribution >= 4 is 66.6 Å². The Kier molecular flexibility index (Phi) is 14.8. The Morgan fingerprint density at radius 3 is 2.15 bits per heavy atom. The summed E-state index contributed by atoms with van der Waals surface area (Å²) in [4.78, 5) is 56.3. The first-order valence-electron chi connectivity index (χ1n) is 18.3. The molecule has 0 spiro atoms. The van der Waals surface area contributed by atoms with Gasteiger partial charge in [-0.3, -0.25) is 14.4 Å². The van der Waals surface area contributed by atoms with E-state index in [1.54, 1.807) is 59.6 Å². The molecule has 3 aliphatic rings. The van der Waals surface area contributed by atoms with Crippen molar-refractivity contribution in [3.05, 3.63) is 48.5 Å².